The van der Waals surface area contributed by atoms with E-state index in [1.54, 1.807) is 18.9 Å². The second-order valence-electron chi connectivity index (χ2n) is 7.72. The molecule has 0 bridgehead atoms. The van der Waals surface area contributed by atoms with Gasteiger partial charge < -0.3 is 19.3 Å². The standard InChI is InChI=1S/C19H26N2O3/c1-12-16(14-9-13(24-6)7-8-15(14)20(12)5)17(22)21-10-18(2,3)19(4,23)11-21/h7-9,23H,10-11H2,1-6H3. The molecule has 1 fully saturated rings. The number of amides is 1. The van der Waals surface area contributed by atoms with E-state index in [4.69, 9.17) is 4.74 Å². The smallest absolute Gasteiger partial charge is 0.256 e. The first-order chi connectivity index (χ1) is 11.1. The molecule has 2 heterocycles. The number of benzene rings is 1. The molecular formula is C19H26N2O3. The van der Waals surface area contributed by atoms with Crippen LogP contribution in [-0.2, 0) is 7.05 Å². The molecule has 0 aliphatic carbocycles. The van der Waals surface area contributed by atoms with Crippen molar-refractivity contribution in [2.45, 2.75) is 33.3 Å². The molecule has 5 nitrogen and oxygen atoms in total. The van der Waals surface area contributed by atoms with Crippen LogP contribution in [0.4, 0.5) is 0 Å². The third-order valence-electron chi connectivity index (χ3n) is 5.74. The maximum atomic E-state index is 13.2. The van der Waals surface area contributed by atoms with E-state index in [0.717, 1.165) is 22.3 Å². The number of ether oxygens (including phenoxy) is 1. The predicted molar refractivity (Wildman–Crippen MR) is 94.5 cm³/mol. The summed E-state index contributed by atoms with van der Waals surface area (Å²) in [5.41, 5.74) is 1.40. The highest BCUT2D eigenvalue weighted by molar-refractivity contribution is 6.09. The number of carbonyl (C=O) groups is 1. The monoisotopic (exact) mass is 330 g/mol. The first kappa shape index (κ1) is 16.8. The summed E-state index contributed by atoms with van der Waals surface area (Å²) in [4.78, 5) is 15.0. The largest absolute Gasteiger partial charge is 0.497 e. The zero-order valence-corrected chi connectivity index (χ0v) is 15.3. The van der Waals surface area contributed by atoms with Crippen LogP contribution in [0.25, 0.3) is 10.9 Å². The lowest BCUT2D eigenvalue weighted by atomic mass is 9.79. The fourth-order valence-corrected chi connectivity index (χ4v) is 3.54. The van der Waals surface area contributed by atoms with Gasteiger partial charge >= 0.3 is 0 Å². The fraction of sp³-hybridized carbons (Fsp3) is 0.526. The van der Waals surface area contributed by atoms with Gasteiger partial charge in [-0.3, -0.25) is 4.79 Å². The lowest BCUT2D eigenvalue weighted by Gasteiger charge is -2.30. The molecule has 24 heavy (non-hydrogen) atoms. The number of hydrogen-bond donors (Lipinski definition) is 1. The number of aryl methyl sites for hydroxylation is 1. The normalized spacial score (nSPS) is 23.0. The highest BCUT2D eigenvalue weighted by Gasteiger charge is 2.49. The van der Waals surface area contributed by atoms with Crippen molar-refractivity contribution < 1.29 is 14.6 Å². The van der Waals surface area contributed by atoms with Gasteiger partial charge in [0, 0.05) is 35.6 Å². The van der Waals surface area contributed by atoms with Crippen LogP contribution in [0.5, 0.6) is 5.75 Å². The van der Waals surface area contributed by atoms with E-state index in [0.29, 0.717) is 18.7 Å². The fourth-order valence-electron chi connectivity index (χ4n) is 3.54. The molecule has 1 aliphatic heterocycles. The van der Waals surface area contributed by atoms with Crippen molar-refractivity contribution in [1.82, 2.24) is 9.47 Å². The number of aromatic nitrogens is 1. The molecule has 0 radical (unpaired) electrons. The Morgan fingerprint density at radius 2 is 1.92 bits per heavy atom. The lowest BCUT2D eigenvalue weighted by molar-refractivity contribution is -0.0108. The second-order valence-corrected chi connectivity index (χ2v) is 7.72. The van der Waals surface area contributed by atoms with Gasteiger partial charge in [0.15, 0.2) is 0 Å². The van der Waals surface area contributed by atoms with Crippen molar-refractivity contribution in [2.24, 2.45) is 12.5 Å². The highest BCUT2D eigenvalue weighted by Crippen LogP contribution is 2.40. The van der Waals surface area contributed by atoms with Crippen LogP contribution in [0, 0.1) is 12.3 Å². The minimum atomic E-state index is -0.890. The molecule has 1 aliphatic rings. The Labute approximate surface area is 142 Å². The predicted octanol–water partition coefficient (Wildman–Crippen LogP) is 2.73. The molecule has 1 N–H and O–H groups in total. The molecule has 1 unspecified atom stereocenters. The number of nitrogens with zero attached hydrogens (tertiary/aromatic N) is 2. The minimum absolute atomic E-state index is 0.0304. The molecule has 2 aromatic rings. The zero-order valence-electron chi connectivity index (χ0n) is 15.3. The highest BCUT2D eigenvalue weighted by atomic mass is 16.5. The van der Waals surface area contributed by atoms with Crippen LogP contribution in [0.3, 0.4) is 0 Å². The zero-order chi connectivity index (χ0) is 17.9. The third-order valence-corrected chi connectivity index (χ3v) is 5.74. The lowest BCUT2D eigenvalue weighted by Crippen LogP contribution is -2.40. The summed E-state index contributed by atoms with van der Waals surface area (Å²) in [6, 6.07) is 5.79. The number of hydrogen-bond acceptors (Lipinski definition) is 3. The van der Waals surface area contributed by atoms with Gasteiger partial charge in [-0.2, -0.15) is 0 Å². The Balaban J connectivity index is 2.09. The maximum Gasteiger partial charge on any atom is 0.256 e. The second kappa shape index (κ2) is 5.24. The van der Waals surface area contributed by atoms with Crippen LogP contribution in [0.2, 0.25) is 0 Å². The van der Waals surface area contributed by atoms with Gasteiger partial charge in [-0.05, 0) is 32.0 Å². The molecule has 1 amide bonds. The molecule has 1 atom stereocenters. The van der Waals surface area contributed by atoms with Gasteiger partial charge in [0.2, 0.25) is 0 Å². The Kier molecular flexibility index (Phi) is 3.68. The van der Waals surface area contributed by atoms with E-state index in [1.807, 2.05) is 50.6 Å². The number of fused-ring (bicyclic) bond motifs is 1. The molecule has 3 rings (SSSR count). The average molecular weight is 330 g/mol. The Hall–Kier alpha value is -2.01. The van der Waals surface area contributed by atoms with Gasteiger partial charge in [-0.15, -0.1) is 0 Å². The Morgan fingerprint density at radius 3 is 2.46 bits per heavy atom. The number of rotatable bonds is 2. The summed E-state index contributed by atoms with van der Waals surface area (Å²) >= 11 is 0. The van der Waals surface area contributed by atoms with Gasteiger partial charge in [0.05, 0.1) is 24.8 Å². The molecule has 0 saturated carbocycles. The summed E-state index contributed by atoms with van der Waals surface area (Å²) in [5.74, 6) is 0.702. The summed E-state index contributed by atoms with van der Waals surface area (Å²) in [5, 5.41) is 11.5. The molecule has 130 valence electrons. The number of β-amino-alcohol motifs (C(OH)–C–C–N with tert-alkyl or cyclic N) is 1. The third kappa shape index (κ3) is 2.30. The van der Waals surface area contributed by atoms with E-state index >= 15 is 0 Å². The molecule has 5 heteroatoms. The Morgan fingerprint density at radius 1 is 1.25 bits per heavy atom. The van der Waals surface area contributed by atoms with Crippen LogP contribution >= 0.6 is 0 Å². The molecule has 1 saturated heterocycles. The SMILES string of the molecule is COc1ccc2c(c1)c(C(=O)N1CC(C)(C)C(C)(O)C1)c(C)n2C. The molecule has 1 aromatic heterocycles. The summed E-state index contributed by atoms with van der Waals surface area (Å²) in [6.07, 6.45) is 0. The number of likely N-dealkylation sites (tertiary alicyclic amines) is 1. The van der Waals surface area contributed by atoms with Gasteiger partial charge in [0.25, 0.3) is 5.91 Å². The average Bonchev–Trinajstić information content (AvgIpc) is 2.89. The quantitative estimate of drug-likeness (QED) is 0.921. The van der Waals surface area contributed by atoms with Crippen molar-refractivity contribution in [1.29, 1.82) is 0 Å². The molecule has 1 aromatic carbocycles. The van der Waals surface area contributed by atoms with Crippen molar-refractivity contribution in [2.75, 3.05) is 20.2 Å². The van der Waals surface area contributed by atoms with Crippen molar-refractivity contribution >= 4 is 16.8 Å². The Bertz CT molecular complexity index is 802. The van der Waals surface area contributed by atoms with Gasteiger partial charge in [-0.1, -0.05) is 13.8 Å². The molecule has 0 spiro atoms. The summed E-state index contributed by atoms with van der Waals surface area (Å²) in [7, 11) is 3.59. The van der Waals surface area contributed by atoms with Crippen molar-refractivity contribution in [3.63, 3.8) is 0 Å². The van der Waals surface area contributed by atoms with Crippen LogP contribution in [0.15, 0.2) is 18.2 Å². The van der Waals surface area contributed by atoms with E-state index in [9.17, 15) is 9.90 Å². The first-order valence-electron chi connectivity index (χ1n) is 8.24. The number of carbonyl (C=O) groups excluding carboxylic acids is 1. The van der Waals surface area contributed by atoms with E-state index in [-0.39, 0.29) is 11.3 Å². The van der Waals surface area contributed by atoms with E-state index < -0.39 is 5.60 Å². The molecular weight excluding hydrogens is 304 g/mol. The minimum Gasteiger partial charge on any atom is -0.497 e. The van der Waals surface area contributed by atoms with Gasteiger partial charge in [-0.25, -0.2) is 0 Å². The topological polar surface area (TPSA) is 54.7 Å². The van der Waals surface area contributed by atoms with E-state index in [1.165, 1.54) is 0 Å². The first-order valence-corrected chi connectivity index (χ1v) is 8.24. The van der Waals surface area contributed by atoms with Crippen LogP contribution < -0.4 is 4.74 Å². The number of aliphatic hydroxyl groups is 1. The van der Waals surface area contributed by atoms with Crippen molar-refractivity contribution in [3.05, 3.63) is 29.5 Å². The summed E-state index contributed by atoms with van der Waals surface area (Å²) in [6.45, 7) is 8.65. The van der Waals surface area contributed by atoms with Crippen LogP contribution in [-0.4, -0.2) is 46.3 Å². The van der Waals surface area contributed by atoms with Gasteiger partial charge in [0.1, 0.15) is 5.75 Å². The number of methoxy groups -OCH3 is 1. The van der Waals surface area contributed by atoms with Crippen molar-refractivity contribution in [3.8, 4) is 5.75 Å². The summed E-state index contributed by atoms with van der Waals surface area (Å²) < 4.78 is 7.35. The maximum absolute atomic E-state index is 13.2. The van der Waals surface area contributed by atoms with E-state index in [2.05, 4.69) is 0 Å². The van der Waals surface area contributed by atoms with Crippen LogP contribution in [0.1, 0.15) is 36.8 Å².